The maximum Gasteiger partial charge on any atom is 0.306 e. The van der Waals surface area contributed by atoms with Crippen LogP contribution >= 0.6 is 0 Å². The van der Waals surface area contributed by atoms with Gasteiger partial charge in [-0.05, 0) is 103 Å². The van der Waals surface area contributed by atoms with Crippen molar-refractivity contribution in [3.8, 4) is 0 Å². The van der Waals surface area contributed by atoms with Gasteiger partial charge in [0, 0.05) is 19.3 Å². The number of unbranched alkanes of at least 4 members (excludes halogenated alkanes) is 17. The Labute approximate surface area is 381 Å². The SMILES string of the molecule is CC/C=C\C/C=C\C/C=C\C/C=C\C/C=C\C/C=C\C/C=C\CCCCCC(=O)OCC(COC(=O)CCCCCCC)OC(=O)CCCCCCC/C=C\CCCCCCC. The minimum atomic E-state index is -0.791. The van der Waals surface area contributed by atoms with E-state index >= 15 is 0 Å². The standard InChI is InChI=1S/C56H92O6/c1-4-7-10-13-15-17-19-21-23-24-25-26-27-28-29-30-31-32-33-35-36-38-40-43-46-49-55(58)61-52-53(51-60-54(57)48-45-42-12-9-6-3)62-56(59)50-47-44-41-39-37-34-22-20-18-16-14-11-8-5-2/h7,10,15,17,20-23,25-26,28-29,31-32,35-36,53H,4-6,8-9,11-14,16,18-19,24,27,30,33-34,37-52H2,1-3H3/b10-7-,17-15-,22-20-,23-21-,26-25-,29-28-,32-31-,36-35-. The van der Waals surface area contributed by atoms with E-state index < -0.39 is 6.10 Å². The number of allylic oxidation sites excluding steroid dienone is 16. The summed E-state index contributed by atoms with van der Waals surface area (Å²) in [6.07, 6.45) is 65.7. The summed E-state index contributed by atoms with van der Waals surface area (Å²) in [4.78, 5) is 37.6. The van der Waals surface area contributed by atoms with Crippen molar-refractivity contribution >= 4 is 17.9 Å². The second kappa shape index (κ2) is 50.0. The molecular weight excluding hydrogens is 769 g/mol. The van der Waals surface area contributed by atoms with Crippen molar-refractivity contribution in [3.05, 3.63) is 97.2 Å². The Morgan fingerprint density at radius 3 is 1.02 bits per heavy atom. The highest BCUT2D eigenvalue weighted by molar-refractivity contribution is 5.71. The van der Waals surface area contributed by atoms with Crippen molar-refractivity contribution in [1.29, 1.82) is 0 Å². The molecule has 1 atom stereocenters. The van der Waals surface area contributed by atoms with Crippen LogP contribution in [0.4, 0.5) is 0 Å². The molecule has 0 fully saturated rings. The third-order valence-corrected chi connectivity index (χ3v) is 10.3. The lowest BCUT2D eigenvalue weighted by Gasteiger charge is -2.18. The number of carbonyl (C=O) groups excluding carboxylic acids is 3. The van der Waals surface area contributed by atoms with E-state index in [1.54, 1.807) is 0 Å². The van der Waals surface area contributed by atoms with E-state index in [2.05, 4.69) is 118 Å². The summed E-state index contributed by atoms with van der Waals surface area (Å²) < 4.78 is 16.6. The van der Waals surface area contributed by atoms with Crippen LogP contribution in [0.15, 0.2) is 97.2 Å². The number of carbonyl (C=O) groups is 3. The maximum atomic E-state index is 12.7. The molecule has 0 aliphatic rings. The van der Waals surface area contributed by atoms with E-state index in [1.165, 1.54) is 44.9 Å². The maximum absolute atomic E-state index is 12.7. The third kappa shape index (κ3) is 47.4. The fraction of sp³-hybridized carbons (Fsp3) is 0.661. The molecule has 0 amide bonds. The zero-order valence-corrected chi connectivity index (χ0v) is 40.1. The van der Waals surface area contributed by atoms with Crippen LogP contribution in [0.5, 0.6) is 0 Å². The van der Waals surface area contributed by atoms with Crippen LogP contribution in [0, 0.1) is 0 Å². The highest BCUT2D eigenvalue weighted by Gasteiger charge is 2.19. The van der Waals surface area contributed by atoms with Gasteiger partial charge in [-0.3, -0.25) is 14.4 Å². The van der Waals surface area contributed by atoms with Gasteiger partial charge < -0.3 is 14.2 Å². The number of ether oxygens (including phenoxy) is 3. The van der Waals surface area contributed by atoms with E-state index in [0.717, 1.165) is 135 Å². The predicted molar refractivity (Wildman–Crippen MR) is 265 cm³/mol. The Morgan fingerprint density at radius 1 is 0.339 bits per heavy atom. The zero-order chi connectivity index (χ0) is 45.1. The molecule has 0 saturated carbocycles. The average molecular weight is 861 g/mol. The monoisotopic (exact) mass is 861 g/mol. The Kier molecular flexibility index (Phi) is 47.0. The smallest absolute Gasteiger partial charge is 0.306 e. The highest BCUT2D eigenvalue weighted by Crippen LogP contribution is 2.12. The van der Waals surface area contributed by atoms with Gasteiger partial charge in [0.1, 0.15) is 13.2 Å². The van der Waals surface area contributed by atoms with Crippen LogP contribution in [-0.2, 0) is 28.6 Å². The van der Waals surface area contributed by atoms with Gasteiger partial charge in [0.05, 0.1) is 0 Å². The van der Waals surface area contributed by atoms with Crippen molar-refractivity contribution in [3.63, 3.8) is 0 Å². The van der Waals surface area contributed by atoms with Crippen LogP contribution in [-0.4, -0.2) is 37.2 Å². The van der Waals surface area contributed by atoms with Gasteiger partial charge in [-0.1, -0.05) is 195 Å². The lowest BCUT2D eigenvalue weighted by molar-refractivity contribution is -0.167. The van der Waals surface area contributed by atoms with Gasteiger partial charge in [0.15, 0.2) is 6.10 Å². The molecule has 0 aromatic heterocycles. The van der Waals surface area contributed by atoms with Crippen LogP contribution in [0.1, 0.15) is 220 Å². The molecule has 0 bridgehead atoms. The fourth-order valence-electron chi connectivity index (χ4n) is 6.53. The molecule has 0 aromatic rings. The van der Waals surface area contributed by atoms with Crippen molar-refractivity contribution in [2.24, 2.45) is 0 Å². The van der Waals surface area contributed by atoms with Gasteiger partial charge in [-0.15, -0.1) is 0 Å². The molecule has 0 spiro atoms. The van der Waals surface area contributed by atoms with Gasteiger partial charge >= 0.3 is 17.9 Å². The van der Waals surface area contributed by atoms with E-state index in [-0.39, 0.29) is 31.1 Å². The van der Waals surface area contributed by atoms with E-state index in [4.69, 9.17) is 14.2 Å². The Hall–Kier alpha value is -3.67. The second-order valence-electron chi connectivity index (χ2n) is 16.3. The van der Waals surface area contributed by atoms with Gasteiger partial charge in [0.25, 0.3) is 0 Å². The summed E-state index contributed by atoms with van der Waals surface area (Å²) in [7, 11) is 0. The summed E-state index contributed by atoms with van der Waals surface area (Å²) in [6.45, 7) is 6.38. The first-order valence-corrected chi connectivity index (χ1v) is 25.2. The first-order valence-electron chi connectivity index (χ1n) is 25.2. The molecule has 0 saturated heterocycles. The zero-order valence-electron chi connectivity index (χ0n) is 40.1. The lowest BCUT2D eigenvalue weighted by atomic mass is 10.1. The van der Waals surface area contributed by atoms with Crippen molar-refractivity contribution < 1.29 is 28.6 Å². The number of rotatable bonds is 44. The van der Waals surface area contributed by atoms with Crippen LogP contribution in [0.2, 0.25) is 0 Å². The molecule has 352 valence electrons. The highest BCUT2D eigenvalue weighted by atomic mass is 16.6. The quantitative estimate of drug-likeness (QED) is 0.0263. The van der Waals surface area contributed by atoms with Crippen molar-refractivity contribution in [2.45, 2.75) is 226 Å². The normalized spacial score (nSPS) is 12.9. The van der Waals surface area contributed by atoms with Gasteiger partial charge in [0.2, 0.25) is 0 Å². The molecule has 0 radical (unpaired) electrons. The molecule has 6 heteroatoms. The molecule has 0 aliphatic carbocycles. The number of hydrogen-bond acceptors (Lipinski definition) is 6. The van der Waals surface area contributed by atoms with E-state index in [1.807, 2.05) is 0 Å². The molecular formula is C56H92O6. The second-order valence-corrected chi connectivity index (χ2v) is 16.3. The molecule has 0 N–H and O–H groups in total. The number of esters is 3. The first kappa shape index (κ1) is 58.3. The van der Waals surface area contributed by atoms with Crippen LogP contribution in [0.3, 0.4) is 0 Å². The summed E-state index contributed by atoms with van der Waals surface area (Å²) >= 11 is 0. The minimum absolute atomic E-state index is 0.0933. The molecule has 1 unspecified atom stereocenters. The summed E-state index contributed by atoms with van der Waals surface area (Å²) in [5, 5.41) is 0. The molecule has 0 heterocycles. The van der Waals surface area contributed by atoms with Gasteiger partial charge in [-0.2, -0.15) is 0 Å². The molecule has 0 rings (SSSR count). The Bertz CT molecular complexity index is 1260. The first-order chi connectivity index (χ1) is 30.5. The predicted octanol–water partition coefficient (Wildman–Crippen LogP) is 16.6. The number of hydrogen-bond donors (Lipinski definition) is 0. The molecule has 0 aliphatic heterocycles. The van der Waals surface area contributed by atoms with Gasteiger partial charge in [-0.25, -0.2) is 0 Å². The minimum Gasteiger partial charge on any atom is -0.462 e. The summed E-state index contributed by atoms with van der Waals surface area (Å²) in [5.41, 5.74) is 0. The van der Waals surface area contributed by atoms with Crippen molar-refractivity contribution in [2.75, 3.05) is 13.2 Å². The largest absolute Gasteiger partial charge is 0.462 e. The van der Waals surface area contributed by atoms with Crippen LogP contribution < -0.4 is 0 Å². The van der Waals surface area contributed by atoms with E-state index in [0.29, 0.717) is 19.3 Å². The van der Waals surface area contributed by atoms with E-state index in [9.17, 15) is 14.4 Å². The summed E-state index contributed by atoms with van der Waals surface area (Å²) in [5.74, 6) is -0.956. The summed E-state index contributed by atoms with van der Waals surface area (Å²) in [6, 6.07) is 0. The average Bonchev–Trinajstić information content (AvgIpc) is 3.27. The third-order valence-electron chi connectivity index (χ3n) is 10.3. The molecule has 0 aromatic carbocycles. The molecule has 6 nitrogen and oxygen atoms in total. The lowest BCUT2D eigenvalue weighted by Crippen LogP contribution is -2.30. The molecule has 62 heavy (non-hydrogen) atoms. The fourth-order valence-corrected chi connectivity index (χ4v) is 6.53. The van der Waals surface area contributed by atoms with Crippen LogP contribution in [0.25, 0.3) is 0 Å². The topological polar surface area (TPSA) is 78.9 Å². The van der Waals surface area contributed by atoms with Crippen molar-refractivity contribution in [1.82, 2.24) is 0 Å². The Morgan fingerprint density at radius 2 is 0.629 bits per heavy atom. The Balaban J connectivity index is 4.25.